The highest BCUT2D eigenvalue weighted by atomic mass is 32.1. The molecule has 0 atom stereocenters. The number of hydrazone groups is 1. The third-order valence-corrected chi connectivity index (χ3v) is 7.20. The van der Waals surface area contributed by atoms with E-state index in [1.165, 1.54) is 31.1 Å². The van der Waals surface area contributed by atoms with Crippen LogP contribution in [-0.2, 0) is 12.8 Å². The number of nitrogens with zero attached hydrogens (tertiary/aromatic N) is 3. The van der Waals surface area contributed by atoms with Gasteiger partial charge in [-0.2, -0.15) is 10.4 Å². The lowest BCUT2D eigenvalue weighted by molar-refractivity contribution is 0.0954. The van der Waals surface area contributed by atoms with Crippen LogP contribution in [0.1, 0.15) is 56.2 Å². The van der Waals surface area contributed by atoms with Crippen LogP contribution in [0, 0.1) is 25.2 Å². The van der Waals surface area contributed by atoms with Gasteiger partial charge in [0.15, 0.2) is 0 Å². The van der Waals surface area contributed by atoms with Crippen LogP contribution < -0.4 is 14.9 Å². The second kappa shape index (κ2) is 9.51. The molecule has 1 aliphatic rings. The summed E-state index contributed by atoms with van der Waals surface area (Å²) >= 11 is 1.72. The number of amides is 1. The van der Waals surface area contributed by atoms with Crippen molar-refractivity contribution in [3.63, 3.8) is 0 Å². The van der Waals surface area contributed by atoms with E-state index in [1.54, 1.807) is 35.8 Å². The van der Waals surface area contributed by atoms with Crippen LogP contribution >= 0.6 is 11.3 Å². The molecule has 0 spiro atoms. The van der Waals surface area contributed by atoms with E-state index in [4.69, 9.17) is 9.47 Å². The molecule has 8 heteroatoms. The summed E-state index contributed by atoms with van der Waals surface area (Å²) in [6.45, 7) is 4.02. The van der Waals surface area contributed by atoms with E-state index in [9.17, 15) is 10.1 Å². The normalized spacial score (nSPS) is 12.9. The Bertz CT molecular complexity index is 1260. The average Bonchev–Trinajstić information content (AvgIpc) is 3.33. The number of ether oxygens (including phenoxy) is 2. The molecule has 1 N–H and O–H groups in total. The van der Waals surface area contributed by atoms with Crippen molar-refractivity contribution >= 4 is 23.5 Å². The molecule has 0 aliphatic heterocycles. The number of rotatable bonds is 6. The van der Waals surface area contributed by atoms with Gasteiger partial charge in [0.05, 0.1) is 26.0 Å². The Kier molecular flexibility index (Phi) is 6.52. The summed E-state index contributed by atoms with van der Waals surface area (Å²) in [5.74, 6) is 0.688. The van der Waals surface area contributed by atoms with Crippen LogP contribution in [0.4, 0.5) is 0 Å². The molecule has 0 radical (unpaired) electrons. The fourth-order valence-corrected chi connectivity index (χ4v) is 5.67. The molecule has 0 saturated carbocycles. The number of methoxy groups -OCH3 is 2. The van der Waals surface area contributed by atoms with Gasteiger partial charge in [0.1, 0.15) is 22.6 Å². The Morgan fingerprint density at radius 1 is 1.15 bits per heavy atom. The third kappa shape index (κ3) is 4.37. The molecule has 170 valence electrons. The Balaban J connectivity index is 1.58. The van der Waals surface area contributed by atoms with Crippen LogP contribution in [-0.4, -0.2) is 30.9 Å². The van der Waals surface area contributed by atoms with Crippen molar-refractivity contribution < 1.29 is 14.3 Å². The predicted octanol–water partition coefficient (Wildman–Crippen LogP) is 4.69. The maximum atomic E-state index is 12.6. The highest BCUT2D eigenvalue weighted by Gasteiger charge is 2.23. The van der Waals surface area contributed by atoms with Crippen molar-refractivity contribution in [1.82, 2.24) is 9.99 Å². The first-order chi connectivity index (χ1) is 16.0. The number of aryl methyl sites for hydroxylation is 2. The van der Waals surface area contributed by atoms with E-state index in [2.05, 4.69) is 21.2 Å². The number of hydrogen-bond acceptors (Lipinski definition) is 6. The van der Waals surface area contributed by atoms with Crippen molar-refractivity contribution in [2.75, 3.05) is 14.2 Å². The van der Waals surface area contributed by atoms with Gasteiger partial charge in [-0.1, -0.05) is 0 Å². The summed E-state index contributed by atoms with van der Waals surface area (Å²) in [7, 11) is 3.07. The topological polar surface area (TPSA) is 88.6 Å². The number of hydrogen-bond donors (Lipinski definition) is 1. The highest BCUT2D eigenvalue weighted by molar-refractivity contribution is 7.15. The molecule has 4 rings (SSSR count). The van der Waals surface area contributed by atoms with Crippen molar-refractivity contribution in [1.29, 1.82) is 5.26 Å². The van der Waals surface area contributed by atoms with E-state index in [-0.39, 0.29) is 5.91 Å². The second-order valence-electron chi connectivity index (χ2n) is 7.97. The van der Waals surface area contributed by atoms with Gasteiger partial charge in [-0.3, -0.25) is 4.79 Å². The smallest absolute Gasteiger partial charge is 0.271 e. The van der Waals surface area contributed by atoms with Gasteiger partial charge < -0.3 is 14.0 Å². The summed E-state index contributed by atoms with van der Waals surface area (Å²) in [5, 5.41) is 15.0. The van der Waals surface area contributed by atoms with Gasteiger partial charge in [-0.25, -0.2) is 5.43 Å². The molecule has 7 nitrogen and oxygen atoms in total. The maximum Gasteiger partial charge on any atom is 0.271 e. The number of carbonyl (C=O) groups excluding carboxylic acids is 1. The molecule has 0 bridgehead atoms. The van der Waals surface area contributed by atoms with Gasteiger partial charge >= 0.3 is 0 Å². The van der Waals surface area contributed by atoms with Crippen molar-refractivity contribution in [3.05, 3.63) is 62.8 Å². The van der Waals surface area contributed by atoms with E-state index >= 15 is 0 Å². The molecule has 2 aromatic heterocycles. The molecule has 0 saturated heterocycles. The van der Waals surface area contributed by atoms with Gasteiger partial charge in [0, 0.05) is 33.5 Å². The fourth-order valence-electron chi connectivity index (χ4n) is 4.22. The van der Waals surface area contributed by atoms with Gasteiger partial charge in [0.25, 0.3) is 5.91 Å². The minimum absolute atomic E-state index is 0.366. The Labute approximate surface area is 197 Å². The SMILES string of the molecule is COc1cc(OC)cc(C(=O)NN=Cc2cc(C)n(-c3sc4c(c3C#N)CCCC4)c2C)c1. The van der Waals surface area contributed by atoms with Crippen molar-refractivity contribution in [2.45, 2.75) is 39.5 Å². The van der Waals surface area contributed by atoms with Gasteiger partial charge in [-0.15, -0.1) is 11.3 Å². The zero-order valence-electron chi connectivity index (χ0n) is 19.2. The molecular weight excluding hydrogens is 436 g/mol. The van der Waals surface area contributed by atoms with Crippen LogP contribution in [0.3, 0.4) is 0 Å². The first-order valence-corrected chi connectivity index (χ1v) is 11.6. The number of benzene rings is 1. The summed E-state index contributed by atoms with van der Waals surface area (Å²) in [5.41, 5.74) is 7.84. The third-order valence-electron chi connectivity index (χ3n) is 5.92. The number of carbonyl (C=O) groups is 1. The Hall–Kier alpha value is -3.57. The van der Waals surface area contributed by atoms with Crippen LogP contribution in [0.25, 0.3) is 5.00 Å². The molecule has 2 heterocycles. The quantitative estimate of drug-likeness (QED) is 0.425. The number of nitriles is 1. The zero-order valence-corrected chi connectivity index (χ0v) is 20.0. The van der Waals surface area contributed by atoms with Gasteiger partial charge in [-0.05, 0) is 63.3 Å². The fraction of sp³-hybridized carbons (Fsp3) is 0.320. The molecule has 1 aromatic carbocycles. The number of aromatic nitrogens is 1. The van der Waals surface area contributed by atoms with Crippen LogP contribution in [0.5, 0.6) is 11.5 Å². The Morgan fingerprint density at radius 3 is 2.52 bits per heavy atom. The van der Waals surface area contributed by atoms with E-state index < -0.39 is 0 Å². The first kappa shape index (κ1) is 22.6. The molecule has 1 aliphatic carbocycles. The van der Waals surface area contributed by atoms with Crippen LogP contribution in [0.2, 0.25) is 0 Å². The monoisotopic (exact) mass is 462 g/mol. The minimum atomic E-state index is -0.366. The van der Waals surface area contributed by atoms with Crippen molar-refractivity contribution in [2.24, 2.45) is 5.10 Å². The number of nitrogens with one attached hydrogen (secondary N) is 1. The molecule has 0 fully saturated rings. The van der Waals surface area contributed by atoms with E-state index in [1.807, 2.05) is 19.9 Å². The molecule has 3 aromatic rings. The molecular formula is C25H26N4O3S. The Morgan fingerprint density at radius 2 is 1.85 bits per heavy atom. The summed E-state index contributed by atoms with van der Waals surface area (Å²) in [6.07, 6.45) is 5.97. The predicted molar refractivity (Wildman–Crippen MR) is 129 cm³/mol. The summed E-state index contributed by atoms with van der Waals surface area (Å²) in [6, 6.07) is 9.41. The summed E-state index contributed by atoms with van der Waals surface area (Å²) < 4.78 is 12.6. The molecule has 33 heavy (non-hydrogen) atoms. The average molecular weight is 463 g/mol. The highest BCUT2D eigenvalue weighted by Crippen LogP contribution is 2.38. The minimum Gasteiger partial charge on any atom is -0.497 e. The largest absolute Gasteiger partial charge is 0.497 e. The summed E-state index contributed by atoms with van der Waals surface area (Å²) in [4.78, 5) is 13.9. The lowest BCUT2D eigenvalue weighted by Crippen LogP contribution is -2.17. The lowest BCUT2D eigenvalue weighted by atomic mass is 9.96. The molecule has 1 amide bonds. The molecule has 0 unspecified atom stereocenters. The van der Waals surface area contributed by atoms with Crippen LogP contribution in [0.15, 0.2) is 29.4 Å². The van der Waals surface area contributed by atoms with Gasteiger partial charge in [0.2, 0.25) is 0 Å². The maximum absolute atomic E-state index is 12.6. The second-order valence-corrected chi connectivity index (χ2v) is 9.05. The first-order valence-electron chi connectivity index (χ1n) is 10.8. The van der Waals surface area contributed by atoms with Crippen molar-refractivity contribution in [3.8, 4) is 22.6 Å². The number of thiophene rings is 1. The van der Waals surface area contributed by atoms with E-state index in [0.717, 1.165) is 46.8 Å². The van der Waals surface area contributed by atoms with E-state index in [0.29, 0.717) is 17.1 Å². The zero-order chi connectivity index (χ0) is 23.5. The lowest BCUT2D eigenvalue weighted by Gasteiger charge is -2.10. The standard InChI is InChI=1S/C25H26N4O3S/c1-15-9-18(14-27-28-24(30)17-10-19(31-3)12-20(11-17)32-4)16(2)29(15)25-22(13-26)21-7-5-6-8-23(21)33-25/h9-12,14H,5-8H2,1-4H3,(H,28,30). The number of fused-ring (bicyclic) bond motifs is 1.